The van der Waals surface area contributed by atoms with E-state index in [0.717, 1.165) is 25.3 Å². The predicted octanol–water partition coefficient (Wildman–Crippen LogP) is 2.35. The zero-order chi connectivity index (χ0) is 13.0. The zero-order valence-corrected chi connectivity index (χ0v) is 11.2. The molecule has 2 N–H and O–H groups in total. The van der Waals surface area contributed by atoms with Crippen LogP contribution in [0.15, 0.2) is 35.9 Å². The van der Waals surface area contributed by atoms with E-state index in [1.807, 2.05) is 12.1 Å². The number of hydrogen-bond acceptors (Lipinski definition) is 3. The lowest BCUT2D eigenvalue weighted by Gasteiger charge is -2.33. The Morgan fingerprint density at radius 1 is 1.44 bits per heavy atom. The van der Waals surface area contributed by atoms with Crippen LogP contribution in [0.5, 0.6) is 5.75 Å². The molecule has 0 saturated heterocycles. The predicted molar refractivity (Wildman–Crippen MR) is 74.7 cm³/mol. The quantitative estimate of drug-likeness (QED) is 0.829. The summed E-state index contributed by atoms with van der Waals surface area (Å²) in [5, 5.41) is 0. The molecule has 0 aliphatic carbocycles. The number of nitrogens with zero attached hydrogens (tertiary/aromatic N) is 1. The first kappa shape index (κ1) is 13.1. The Bertz CT molecular complexity index is 428. The number of nitrogens with two attached hydrogens (primary N) is 1. The third kappa shape index (κ3) is 2.92. The van der Waals surface area contributed by atoms with Gasteiger partial charge in [-0.25, -0.2) is 0 Å². The summed E-state index contributed by atoms with van der Waals surface area (Å²) in [6, 6.07) is 8.50. The molecule has 18 heavy (non-hydrogen) atoms. The highest BCUT2D eigenvalue weighted by atomic mass is 16.5. The van der Waals surface area contributed by atoms with Gasteiger partial charge < -0.3 is 10.5 Å². The van der Waals surface area contributed by atoms with Crippen LogP contribution >= 0.6 is 0 Å². The Balaban J connectivity index is 2.17. The molecule has 0 saturated carbocycles. The fourth-order valence-corrected chi connectivity index (χ4v) is 2.41. The second kappa shape index (κ2) is 6.03. The van der Waals surface area contributed by atoms with Crippen molar-refractivity contribution in [2.24, 2.45) is 5.73 Å². The molecule has 3 heteroatoms. The zero-order valence-electron chi connectivity index (χ0n) is 11.2. The Morgan fingerprint density at radius 2 is 2.28 bits per heavy atom. The average Bonchev–Trinajstić information content (AvgIpc) is 2.42. The highest BCUT2D eigenvalue weighted by Gasteiger charge is 2.20. The van der Waals surface area contributed by atoms with Gasteiger partial charge in [0.15, 0.2) is 0 Å². The molecule has 1 aromatic carbocycles. The van der Waals surface area contributed by atoms with Crippen LogP contribution in [0.25, 0.3) is 0 Å². The third-order valence-corrected chi connectivity index (χ3v) is 3.61. The molecule has 1 aliphatic rings. The molecule has 0 aromatic heterocycles. The van der Waals surface area contributed by atoms with Crippen LogP contribution in [0, 0.1) is 0 Å². The van der Waals surface area contributed by atoms with E-state index in [9.17, 15) is 0 Å². The molecule has 3 nitrogen and oxygen atoms in total. The van der Waals surface area contributed by atoms with Gasteiger partial charge in [-0.05, 0) is 31.0 Å². The molecular formula is C15H22N2O. The van der Waals surface area contributed by atoms with Crippen LogP contribution in [0.4, 0.5) is 0 Å². The molecule has 1 atom stereocenters. The van der Waals surface area contributed by atoms with Gasteiger partial charge in [0.05, 0.1) is 7.11 Å². The van der Waals surface area contributed by atoms with Crippen molar-refractivity contribution < 1.29 is 4.74 Å². The van der Waals surface area contributed by atoms with E-state index in [1.165, 1.54) is 11.1 Å². The Kier molecular flexibility index (Phi) is 4.39. The summed E-state index contributed by atoms with van der Waals surface area (Å²) in [4.78, 5) is 2.43. The molecule has 0 spiro atoms. The van der Waals surface area contributed by atoms with E-state index in [-0.39, 0.29) is 6.04 Å². The molecule has 98 valence electrons. The van der Waals surface area contributed by atoms with Crippen molar-refractivity contribution in [3.63, 3.8) is 0 Å². The van der Waals surface area contributed by atoms with Gasteiger partial charge >= 0.3 is 0 Å². The molecule has 1 unspecified atom stereocenters. The van der Waals surface area contributed by atoms with Gasteiger partial charge in [0.1, 0.15) is 5.75 Å². The normalized spacial score (nSPS) is 18.3. The molecule has 0 fully saturated rings. The molecule has 1 heterocycles. The van der Waals surface area contributed by atoms with Crippen molar-refractivity contribution in [1.29, 1.82) is 0 Å². The summed E-state index contributed by atoms with van der Waals surface area (Å²) in [7, 11) is 1.70. The summed E-state index contributed by atoms with van der Waals surface area (Å²) in [6.07, 6.45) is 3.44. The van der Waals surface area contributed by atoms with Gasteiger partial charge in [0.2, 0.25) is 0 Å². The summed E-state index contributed by atoms with van der Waals surface area (Å²) < 4.78 is 5.28. The third-order valence-electron chi connectivity index (χ3n) is 3.61. The minimum absolute atomic E-state index is 0.282. The minimum atomic E-state index is 0.282. The molecule has 0 radical (unpaired) electrons. The lowest BCUT2D eigenvalue weighted by Crippen LogP contribution is -2.36. The van der Waals surface area contributed by atoms with Crippen molar-refractivity contribution in [3.05, 3.63) is 41.5 Å². The van der Waals surface area contributed by atoms with Gasteiger partial charge in [-0.2, -0.15) is 0 Å². The topological polar surface area (TPSA) is 38.5 Å². The van der Waals surface area contributed by atoms with E-state index in [0.29, 0.717) is 6.54 Å². The highest BCUT2D eigenvalue weighted by molar-refractivity contribution is 5.31. The highest BCUT2D eigenvalue weighted by Crippen LogP contribution is 2.25. The molecule has 2 rings (SSSR count). The lowest BCUT2D eigenvalue weighted by molar-refractivity contribution is 0.217. The lowest BCUT2D eigenvalue weighted by atomic mass is 10.0. The largest absolute Gasteiger partial charge is 0.497 e. The first-order valence-electron chi connectivity index (χ1n) is 6.48. The van der Waals surface area contributed by atoms with Crippen LogP contribution < -0.4 is 10.5 Å². The standard InChI is InChI=1S/C15H22N2O/c1-12-6-8-17(9-7-12)15(11-16)13-4-3-5-14(10-13)18-2/h3-6,10,15H,7-9,11,16H2,1-2H3. The molecule has 1 aliphatic heterocycles. The van der Waals surface area contributed by atoms with Gasteiger partial charge in [-0.3, -0.25) is 4.90 Å². The second-order valence-corrected chi connectivity index (χ2v) is 4.82. The monoisotopic (exact) mass is 246 g/mol. The summed E-state index contributed by atoms with van der Waals surface area (Å²) in [6.45, 7) is 4.91. The number of benzene rings is 1. The van der Waals surface area contributed by atoms with E-state index >= 15 is 0 Å². The van der Waals surface area contributed by atoms with Crippen molar-refractivity contribution in [3.8, 4) is 5.75 Å². The van der Waals surface area contributed by atoms with E-state index in [2.05, 4.69) is 30.0 Å². The van der Waals surface area contributed by atoms with Gasteiger partial charge in [-0.1, -0.05) is 23.8 Å². The van der Waals surface area contributed by atoms with E-state index in [1.54, 1.807) is 7.11 Å². The number of rotatable bonds is 4. The van der Waals surface area contributed by atoms with Crippen molar-refractivity contribution in [1.82, 2.24) is 4.90 Å². The maximum atomic E-state index is 5.96. The van der Waals surface area contributed by atoms with E-state index in [4.69, 9.17) is 10.5 Å². The first-order valence-corrected chi connectivity index (χ1v) is 6.48. The maximum Gasteiger partial charge on any atom is 0.119 e. The number of hydrogen-bond donors (Lipinski definition) is 1. The van der Waals surface area contributed by atoms with E-state index < -0.39 is 0 Å². The van der Waals surface area contributed by atoms with Crippen LogP contribution in [0.1, 0.15) is 24.9 Å². The Hall–Kier alpha value is -1.32. The van der Waals surface area contributed by atoms with Gasteiger partial charge in [0.25, 0.3) is 0 Å². The first-order chi connectivity index (χ1) is 8.74. The summed E-state index contributed by atoms with van der Waals surface area (Å²) in [5.41, 5.74) is 8.68. The smallest absolute Gasteiger partial charge is 0.119 e. The van der Waals surface area contributed by atoms with Crippen molar-refractivity contribution >= 4 is 0 Å². The molecule has 1 aromatic rings. The minimum Gasteiger partial charge on any atom is -0.497 e. The molecule has 0 bridgehead atoms. The fraction of sp³-hybridized carbons (Fsp3) is 0.467. The molecule has 0 amide bonds. The average molecular weight is 246 g/mol. The van der Waals surface area contributed by atoms with Crippen molar-refractivity contribution in [2.45, 2.75) is 19.4 Å². The van der Waals surface area contributed by atoms with Crippen LogP contribution in [0.2, 0.25) is 0 Å². The molecular weight excluding hydrogens is 224 g/mol. The van der Waals surface area contributed by atoms with Gasteiger partial charge in [0, 0.05) is 25.7 Å². The summed E-state index contributed by atoms with van der Waals surface area (Å²) in [5.74, 6) is 0.898. The second-order valence-electron chi connectivity index (χ2n) is 4.82. The number of methoxy groups -OCH3 is 1. The van der Waals surface area contributed by atoms with Gasteiger partial charge in [-0.15, -0.1) is 0 Å². The maximum absolute atomic E-state index is 5.96. The van der Waals surface area contributed by atoms with Crippen LogP contribution in [0.3, 0.4) is 0 Å². The fourth-order valence-electron chi connectivity index (χ4n) is 2.41. The Labute approximate surface area is 109 Å². The van der Waals surface area contributed by atoms with Crippen LogP contribution in [-0.4, -0.2) is 31.6 Å². The summed E-state index contributed by atoms with van der Waals surface area (Å²) >= 11 is 0. The van der Waals surface area contributed by atoms with Crippen molar-refractivity contribution in [2.75, 3.05) is 26.7 Å². The Morgan fingerprint density at radius 3 is 2.89 bits per heavy atom. The van der Waals surface area contributed by atoms with Crippen LogP contribution in [-0.2, 0) is 0 Å². The number of ether oxygens (including phenoxy) is 1. The SMILES string of the molecule is COc1cccc(C(CN)N2CC=C(C)CC2)c1.